The fourth-order valence-electron chi connectivity index (χ4n) is 2.75. The molecule has 16 heavy (non-hydrogen) atoms. The van der Waals surface area contributed by atoms with E-state index in [4.69, 9.17) is 5.73 Å². The van der Waals surface area contributed by atoms with Crippen LogP contribution in [0.15, 0.2) is 24.3 Å². The van der Waals surface area contributed by atoms with Crippen LogP contribution in [0, 0.1) is 5.92 Å². The first-order chi connectivity index (χ1) is 7.84. The summed E-state index contributed by atoms with van der Waals surface area (Å²) in [5.74, 6) is 1.02. The maximum Gasteiger partial charge on any atom is 0.0314 e. The Morgan fingerprint density at radius 2 is 1.69 bits per heavy atom. The fraction of sp³-hybridized carbons (Fsp3) is 0.600. The van der Waals surface area contributed by atoms with Crippen LogP contribution in [0.1, 0.15) is 50.5 Å². The fourth-order valence-corrected chi connectivity index (χ4v) is 2.75. The maximum atomic E-state index is 5.67. The molecule has 0 unspecified atom stereocenters. The Bertz CT molecular complexity index is 296. The molecule has 0 aromatic heterocycles. The highest BCUT2D eigenvalue weighted by Crippen LogP contribution is 2.27. The molecular formula is C15H23N. The van der Waals surface area contributed by atoms with Gasteiger partial charge in [0, 0.05) is 5.69 Å². The normalized spacial score (nSPS) is 17.5. The van der Waals surface area contributed by atoms with Crippen LogP contribution < -0.4 is 5.73 Å². The van der Waals surface area contributed by atoms with Crippen LogP contribution in [0.4, 0.5) is 5.69 Å². The smallest absolute Gasteiger partial charge is 0.0314 e. The van der Waals surface area contributed by atoms with Crippen molar-refractivity contribution in [3.8, 4) is 0 Å². The minimum Gasteiger partial charge on any atom is -0.399 e. The Labute approximate surface area is 99.0 Å². The van der Waals surface area contributed by atoms with Crippen LogP contribution in [-0.2, 0) is 6.42 Å². The van der Waals surface area contributed by atoms with E-state index in [0.29, 0.717) is 0 Å². The molecule has 2 rings (SSSR count). The summed E-state index contributed by atoms with van der Waals surface area (Å²) < 4.78 is 0. The molecule has 1 nitrogen and oxygen atoms in total. The van der Waals surface area contributed by atoms with Gasteiger partial charge in [-0.05, 0) is 36.5 Å². The number of hydrogen-bond acceptors (Lipinski definition) is 1. The van der Waals surface area contributed by atoms with Crippen molar-refractivity contribution < 1.29 is 0 Å². The zero-order valence-corrected chi connectivity index (χ0v) is 10.1. The predicted octanol–water partition coefficient (Wildman–Crippen LogP) is 4.17. The van der Waals surface area contributed by atoms with Crippen molar-refractivity contribution in [3.63, 3.8) is 0 Å². The van der Waals surface area contributed by atoms with Crippen molar-refractivity contribution in [1.82, 2.24) is 0 Å². The molecule has 2 N–H and O–H groups in total. The first-order valence-corrected chi connectivity index (χ1v) is 6.69. The van der Waals surface area contributed by atoms with Crippen molar-refractivity contribution in [3.05, 3.63) is 29.8 Å². The van der Waals surface area contributed by atoms with Crippen molar-refractivity contribution in [2.75, 3.05) is 5.73 Å². The van der Waals surface area contributed by atoms with Gasteiger partial charge in [-0.15, -0.1) is 0 Å². The molecule has 1 aromatic carbocycles. The molecule has 1 saturated carbocycles. The molecule has 0 radical (unpaired) electrons. The molecule has 88 valence electrons. The third kappa shape index (κ3) is 3.55. The van der Waals surface area contributed by atoms with E-state index < -0.39 is 0 Å². The summed E-state index contributed by atoms with van der Waals surface area (Å²) in [4.78, 5) is 0. The summed E-state index contributed by atoms with van der Waals surface area (Å²) in [7, 11) is 0. The van der Waals surface area contributed by atoms with E-state index in [1.165, 1.54) is 56.9 Å². The Morgan fingerprint density at radius 3 is 2.38 bits per heavy atom. The number of benzene rings is 1. The van der Waals surface area contributed by atoms with Gasteiger partial charge < -0.3 is 5.73 Å². The Balaban J connectivity index is 1.69. The van der Waals surface area contributed by atoms with E-state index >= 15 is 0 Å². The van der Waals surface area contributed by atoms with Gasteiger partial charge in [-0.25, -0.2) is 0 Å². The highest BCUT2D eigenvalue weighted by Gasteiger charge is 2.12. The van der Waals surface area contributed by atoms with Gasteiger partial charge in [0.15, 0.2) is 0 Å². The lowest BCUT2D eigenvalue weighted by molar-refractivity contribution is 0.332. The largest absolute Gasteiger partial charge is 0.399 e. The Morgan fingerprint density at radius 1 is 1.00 bits per heavy atom. The van der Waals surface area contributed by atoms with Gasteiger partial charge in [0.1, 0.15) is 0 Å². The SMILES string of the molecule is Nc1ccc(CCCC2CCCCC2)cc1. The van der Waals surface area contributed by atoms with Gasteiger partial charge >= 0.3 is 0 Å². The standard InChI is InChI=1S/C15H23N/c16-15-11-9-14(10-12-15)8-4-7-13-5-2-1-3-6-13/h9-13H,1-8,16H2. The van der Waals surface area contributed by atoms with Crippen molar-refractivity contribution in [1.29, 1.82) is 0 Å². The second-order valence-corrected chi connectivity index (χ2v) is 5.14. The van der Waals surface area contributed by atoms with Crippen LogP contribution in [0.2, 0.25) is 0 Å². The molecule has 1 aliphatic carbocycles. The molecule has 1 aliphatic rings. The molecule has 0 aliphatic heterocycles. The topological polar surface area (TPSA) is 26.0 Å². The van der Waals surface area contributed by atoms with Gasteiger partial charge in [0.2, 0.25) is 0 Å². The molecule has 0 spiro atoms. The summed E-state index contributed by atoms with van der Waals surface area (Å²) in [6.45, 7) is 0. The first-order valence-electron chi connectivity index (χ1n) is 6.69. The average molecular weight is 217 g/mol. The number of aryl methyl sites for hydroxylation is 1. The summed E-state index contributed by atoms with van der Waals surface area (Å²) in [6, 6.07) is 8.35. The molecule has 0 heterocycles. The monoisotopic (exact) mass is 217 g/mol. The third-order valence-electron chi connectivity index (χ3n) is 3.78. The average Bonchev–Trinajstić information content (AvgIpc) is 2.33. The first kappa shape index (κ1) is 11.5. The molecule has 1 fully saturated rings. The van der Waals surface area contributed by atoms with E-state index in [0.717, 1.165) is 11.6 Å². The van der Waals surface area contributed by atoms with Crippen molar-refractivity contribution in [2.24, 2.45) is 5.92 Å². The van der Waals surface area contributed by atoms with Crippen molar-refractivity contribution >= 4 is 5.69 Å². The summed E-state index contributed by atoms with van der Waals surface area (Å²) in [6.07, 6.45) is 11.3. The molecule has 0 atom stereocenters. The quantitative estimate of drug-likeness (QED) is 0.752. The Kier molecular flexibility index (Phi) is 4.26. The summed E-state index contributed by atoms with van der Waals surface area (Å²) in [5, 5.41) is 0. The molecule has 0 amide bonds. The lowest BCUT2D eigenvalue weighted by Crippen LogP contribution is -2.06. The van der Waals surface area contributed by atoms with Gasteiger partial charge in [-0.1, -0.05) is 50.7 Å². The van der Waals surface area contributed by atoms with Crippen LogP contribution in [0.25, 0.3) is 0 Å². The van der Waals surface area contributed by atoms with E-state index in [-0.39, 0.29) is 0 Å². The van der Waals surface area contributed by atoms with Crippen LogP contribution in [-0.4, -0.2) is 0 Å². The number of hydrogen-bond donors (Lipinski definition) is 1. The van der Waals surface area contributed by atoms with Crippen LogP contribution in [0.3, 0.4) is 0 Å². The molecule has 0 saturated heterocycles. The number of rotatable bonds is 4. The van der Waals surface area contributed by atoms with Gasteiger partial charge in [0.05, 0.1) is 0 Å². The highest BCUT2D eigenvalue weighted by atomic mass is 14.5. The van der Waals surface area contributed by atoms with Gasteiger partial charge in [-0.3, -0.25) is 0 Å². The van der Waals surface area contributed by atoms with Crippen LogP contribution >= 0.6 is 0 Å². The number of anilines is 1. The van der Waals surface area contributed by atoms with Gasteiger partial charge in [0.25, 0.3) is 0 Å². The maximum absolute atomic E-state index is 5.67. The molecular weight excluding hydrogens is 194 g/mol. The van der Waals surface area contributed by atoms with E-state index in [9.17, 15) is 0 Å². The summed E-state index contributed by atoms with van der Waals surface area (Å²) in [5.41, 5.74) is 7.98. The minimum atomic E-state index is 0.871. The third-order valence-corrected chi connectivity index (χ3v) is 3.78. The molecule has 1 aromatic rings. The van der Waals surface area contributed by atoms with E-state index in [2.05, 4.69) is 12.1 Å². The number of nitrogens with two attached hydrogens (primary N) is 1. The Hall–Kier alpha value is -0.980. The van der Waals surface area contributed by atoms with E-state index in [1.54, 1.807) is 0 Å². The lowest BCUT2D eigenvalue weighted by atomic mass is 9.85. The molecule has 0 bridgehead atoms. The number of nitrogen functional groups attached to an aromatic ring is 1. The second-order valence-electron chi connectivity index (χ2n) is 5.14. The molecule has 1 heteroatoms. The van der Waals surface area contributed by atoms with Crippen molar-refractivity contribution in [2.45, 2.75) is 51.4 Å². The van der Waals surface area contributed by atoms with Gasteiger partial charge in [-0.2, -0.15) is 0 Å². The second kappa shape index (κ2) is 5.93. The lowest BCUT2D eigenvalue weighted by Gasteiger charge is -2.21. The summed E-state index contributed by atoms with van der Waals surface area (Å²) >= 11 is 0. The zero-order valence-electron chi connectivity index (χ0n) is 10.1. The predicted molar refractivity (Wildman–Crippen MR) is 70.4 cm³/mol. The minimum absolute atomic E-state index is 0.871. The highest BCUT2D eigenvalue weighted by molar-refractivity contribution is 5.39. The zero-order chi connectivity index (χ0) is 11.2. The van der Waals surface area contributed by atoms with E-state index in [1.807, 2.05) is 12.1 Å². The van der Waals surface area contributed by atoms with Crippen LogP contribution in [0.5, 0.6) is 0 Å².